The Balaban J connectivity index is 2.13. The number of rotatable bonds is 3. The Hall–Kier alpha value is -0.450. The van der Waals surface area contributed by atoms with Crippen molar-refractivity contribution in [3.8, 4) is 0 Å². The highest BCUT2D eigenvalue weighted by Crippen LogP contribution is 2.24. The van der Waals surface area contributed by atoms with Crippen LogP contribution in [0.5, 0.6) is 0 Å². The molecule has 3 nitrogen and oxygen atoms in total. The van der Waals surface area contributed by atoms with Gasteiger partial charge in [-0.2, -0.15) is 0 Å². The fourth-order valence-electron chi connectivity index (χ4n) is 2.68. The van der Waals surface area contributed by atoms with Gasteiger partial charge in [0.25, 0.3) is 0 Å². The van der Waals surface area contributed by atoms with Crippen LogP contribution < -0.4 is 5.32 Å². The Bertz CT molecular complexity index is 397. The first kappa shape index (κ1) is 14.0. The fraction of sp³-hybridized carbons (Fsp3) is 0.786. The highest BCUT2D eigenvalue weighted by atomic mass is 32.1. The van der Waals surface area contributed by atoms with E-state index in [0.29, 0.717) is 12.0 Å². The van der Waals surface area contributed by atoms with E-state index in [9.17, 15) is 0 Å². The van der Waals surface area contributed by atoms with Crippen LogP contribution in [-0.4, -0.2) is 34.6 Å². The molecule has 102 valence electrons. The second-order valence-electron chi connectivity index (χ2n) is 6.34. The first-order valence-corrected chi connectivity index (χ1v) is 7.65. The molecule has 2 heterocycles. The third-order valence-electron chi connectivity index (χ3n) is 3.82. The van der Waals surface area contributed by atoms with E-state index in [1.54, 1.807) is 11.3 Å². The van der Waals surface area contributed by atoms with Crippen LogP contribution in [-0.2, 0) is 6.54 Å². The van der Waals surface area contributed by atoms with Crippen molar-refractivity contribution in [2.75, 3.05) is 13.1 Å². The molecule has 0 bridgehead atoms. The maximum atomic E-state index is 4.36. The van der Waals surface area contributed by atoms with Crippen molar-refractivity contribution in [3.63, 3.8) is 0 Å². The van der Waals surface area contributed by atoms with Gasteiger partial charge in [-0.15, -0.1) is 11.3 Å². The number of nitrogens with zero attached hydrogens (tertiary/aromatic N) is 2. The average molecular weight is 267 g/mol. The number of hydrogen-bond donors (Lipinski definition) is 1. The molecular formula is C14H25N3S. The molecule has 1 aromatic heterocycles. The molecule has 2 rings (SSSR count). The number of nitrogens with one attached hydrogen (secondary N) is 1. The van der Waals surface area contributed by atoms with Crippen LogP contribution in [0.2, 0.25) is 0 Å². The van der Waals surface area contributed by atoms with Gasteiger partial charge in [0.2, 0.25) is 0 Å². The summed E-state index contributed by atoms with van der Waals surface area (Å²) in [6.45, 7) is 14.6. The summed E-state index contributed by atoms with van der Waals surface area (Å²) in [7, 11) is 0. The number of aromatic nitrogens is 1. The molecule has 0 saturated carbocycles. The number of thiazole rings is 1. The number of piperazine rings is 1. The third-order valence-corrected chi connectivity index (χ3v) is 4.74. The van der Waals surface area contributed by atoms with Gasteiger partial charge in [-0.05, 0) is 26.7 Å². The quantitative estimate of drug-likeness (QED) is 0.912. The molecule has 1 N–H and O–H groups in total. The molecule has 1 fully saturated rings. The molecule has 1 aromatic rings. The molecule has 0 spiro atoms. The van der Waals surface area contributed by atoms with Crippen molar-refractivity contribution in [3.05, 3.63) is 16.1 Å². The van der Waals surface area contributed by atoms with Gasteiger partial charge < -0.3 is 5.32 Å². The van der Waals surface area contributed by atoms with Crippen LogP contribution in [0.3, 0.4) is 0 Å². The van der Waals surface area contributed by atoms with Crippen molar-refractivity contribution in [1.82, 2.24) is 15.2 Å². The maximum absolute atomic E-state index is 4.36. The second kappa shape index (κ2) is 5.27. The van der Waals surface area contributed by atoms with Crippen LogP contribution in [0, 0.1) is 12.8 Å². The maximum Gasteiger partial charge on any atom is 0.0798 e. The van der Waals surface area contributed by atoms with Crippen molar-refractivity contribution < 1.29 is 0 Å². The fourth-order valence-corrected chi connectivity index (χ4v) is 3.49. The first-order chi connectivity index (χ1) is 8.39. The van der Waals surface area contributed by atoms with Crippen LogP contribution in [0.4, 0.5) is 0 Å². The zero-order valence-corrected chi connectivity index (χ0v) is 13.0. The molecule has 0 amide bonds. The smallest absolute Gasteiger partial charge is 0.0798 e. The third kappa shape index (κ3) is 3.11. The Kier molecular flexibility index (Phi) is 4.09. The van der Waals surface area contributed by atoms with Crippen LogP contribution in [0.1, 0.15) is 38.3 Å². The van der Waals surface area contributed by atoms with E-state index in [0.717, 1.165) is 19.6 Å². The molecule has 1 aliphatic rings. The van der Waals surface area contributed by atoms with Crippen LogP contribution in [0.25, 0.3) is 0 Å². The molecule has 0 aliphatic carbocycles. The van der Waals surface area contributed by atoms with E-state index in [1.165, 1.54) is 10.6 Å². The highest BCUT2D eigenvalue weighted by Gasteiger charge is 2.34. The predicted octanol–water partition coefficient (Wildman–Crippen LogP) is 2.66. The summed E-state index contributed by atoms with van der Waals surface area (Å²) in [6, 6.07) is 0.625. The Morgan fingerprint density at radius 1 is 1.56 bits per heavy atom. The van der Waals surface area contributed by atoms with E-state index < -0.39 is 0 Å². The summed E-state index contributed by atoms with van der Waals surface area (Å²) < 4.78 is 0. The van der Waals surface area contributed by atoms with Gasteiger partial charge >= 0.3 is 0 Å². The summed E-state index contributed by atoms with van der Waals surface area (Å²) in [5.41, 5.74) is 3.37. The monoisotopic (exact) mass is 267 g/mol. The molecule has 1 unspecified atom stereocenters. The lowest BCUT2D eigenvalue weighted by atomic mass is 9.93. The minimum absolute atomic E-state index is 0.212. The molecule has 1 aliphatic heterocycles. The summed E-state index contributed by atoms with van der Waals surface area (Å²) in [5, 5.41) is 3.66. The topological polar surface area (TPSA) is 28.2 Å². The zero-order valence-electron chi connectivity index (χ0n) is 12.2. The van der Waals surface area contributed by atoms with Gasteiger partial charge in [-0.25, -0.2) is 4.98 Å². The molecule has 4 heteroatoms. The highest BCUT2D eigenvalue weighted by molar-refractivity contribution is 7.09. The van der Waals surface area contributed by atoms with Gasteiger partial charge in [0.05, 0.1) is 11.2 Å². The summed E-state index contributed by atoms with van der Waals surface area (Å²) in [5.74, 6) is 0.682. The molecule has 0 radical (unpaired) electrons. The van der Waals surface area contributed by atoms with Crippen molar-refractivity contribution >= 4 is 11.3 Å². The van der Waals surface area contributed by atoms with Gasteiger partial charge in [0, 0.05) is 36.1 Å². The van der Waals surface area contributed by atoms with E-state index in [4.69, 9.17) is 0 Å². The molecule has 18 heavy (non-hydrogen) atoms. The minimum atomic E-state index is 0.212. The number of hydrogen-bond acceptors (Lipinski definition) is 4. The lowest BCUT2D eigenvalue weighted by molar-refractivity contribution is 0.0634. The lowest BCUT2D eigenvalue weighted by Crippen LogP contribution is -2.62. The van der Waals surface area contributed by atoms with Crippen LogP contribution in [0.15, 0.2) is 5.51 Å². The van der Waals surface area contributed by atoms with Crippen LogP contribution >= 0.6 is 11.3 Å². The standard InChI is InChI=1S/C14H25N3S/c1-10(2)12-6-16-14(4,5)8-17(12)7-13-11(3)15-9-18-13/h9-10,12,16H,6-8H2,1-5H3. The van der Waals surface area contributed by atoms with Crippen molar-refractivity contribution in [2.24, 2.45) is 5.92 Å². The Morgan fingerprint density at radius 2 is 2.28 bits per heavy atom. The predicted molar refractivity (Wildman–Crippen MR) is 78.0 cm³/mol. The SMILES string of the molecule is Cc1ncsc1CN1CC(C)(C)NCC1C(C)C. The van der Waals surface area contributed by atoms with E-state index in [2.05, 4.69) is 49.8 Å². The summed E-state index contributed by atoms with van der Waals surface area (Å²) >= 11 is 1.78. The molecule has 1 atom stereocenters. The van der Waals surface area contributed by atoms with Gasteiger partial charge in [-0.1, -0.05) is 13.8 Å². The Labute approximate surface area is 115 Å². The normalized spacial score (nSPS) is 24.7. The molecular weight excluding hydrogens is 242 g/mol. The lowest BCUT2D eigenvalue weighted by Gasteiger charge is -2.46. The molecule has 1 saturated heterocycles. The summed E-state index contributed by atoms with van der Waals surface area (Å²) in [4.78, 5) is 8.41. The largest absolute Gasteiger partial charge is 0.309 e. The van der Waals surface area contributed by atoms with Gasteiger partial charge in [0.1, 0.15) is 0 Å². The van der Waals surface area contributed by atoms with Crippen molar-refractivity contribution in [1.29, 1.82) is 0 Å². The minimum Gasteiger partial charge on any atom is -0.309 e. The van der Waals surface area contributed by atoms with Gasteiger partial charge in [0.15, 0.2) is 0 Å². The number of aryl methyl sites for hydroxylation is 1. The van der Waals surface area contributed by atoms with Gasteiger partial charge in [-0.3, -0.25) is 4.90 Å². The van der Waals surface area contributed by atoms with Crippen molar-refractivity contribution in [2.45, 2.75) is 52.7 Å². The average Bonchev–Trinajstić information content (AvgIpc) is 2.62. The molecule has 0 aromatic carbocycles. The van der Waals surface area contributed by atoms with E-state index in [-0.39, 0.29) is 5.54 Å². The Morgan fingerprint density at radius 3 is 2.83 bits per heavy atom. The second-order valence-corrected chi connectivity index (χ2v) is 7.28. The van der Waals surface area contributed by atoms with E-state index in [1.807, 2.05) is 5.51 Å². The first-order valence-electron chi connectivity index (χ1n) is 6.77. The summed E-state index contributed by atoms with van der Waals surface area (Å²) in [6.07, 6.45) is 0. The van der Waals surface area contributed by atoms with E-state index >= 15 is 0 Å². The zero-order chi connectivity index (χ0) is 13.3.